The first-order chi connectivity index (χ1) is 8.97. The summed E-state index contributed by atoms with van der Waals surface area (Å²) < 4.78 is 5.27. The van der Waals surface area contributed by atoms with Gasteiger partial charge in [-0.2, -0.15) is 0 Å². The van der Waals surface area contributed by atoms with Gasteiger partial charge in [-0.05, 0) is 18.2 Å². The lowest BCUT2D eigenvalue weighted by atomic mass is 10.0. The quantitative estimate of drug-likeness (QED) is 0.650. The molecular weight excluding hydrogens is 250 g/mol. The number of benzene rings is 1. The second-order valence-corrected chi connectivity index (χ2v) is 4.06. The molecule has 19 heavy (non-hydrogen) atoms. The Morgan fingerprint density at radius 1 is 1.26 bits per heavy atom. The van der Waals surface area contributed by atoms with Gasteiger partial charge in [0.05, 0.1) is 6.42 Å². The number of nitrogens with zero attached hydrogens (tertiary/aromatic N) is 1. The van der Waals surface area contributed by atoms with Crippen LogP contribution in [0.25, 0.3) is 11.1 Å². The van der Waals surface area contributed by atoms with Gasteiger partial charge < -0.3 is 9.52 Å². The van der Waals surface area contributed by atoms with Crippen molar-refractivity contribution in [1.82, 2.24) is 4.98 Å². The molecule has 2 rings (SSSR count). The Hall–Kier alpha value is -2.50. The van der Waals surface area contributed by atoms with Gasteiger partial charge in [0.15, 0.2) is 11.5 Å². The highest BCUT2D eigenvalue weighted by atomic mass is 16.4. The van der Waals surface area contributed by atoms with Crippen LogP contribution in [0.1, 0.15) is 29.1 Å². The molecule has 2 aromatic rings. The molecule has 6 nitrogen and oxygen atoms in total. The molecule has 1 aromatic carbocycles. The zero-order chi connectivity index (χ0) is 14.0. The van der Waals surface area contributed by atoms with Crippen LogP contribution in [-0.2, 0) is 9.59 Å². The maximum absolute atomic E-state index is 11.8. The third kappa shape index (κ3) is 2.85. The molecule has 0 aliphatic heterocycles. The minimum Gasteiger partial charge on any atom is -0.481 e. The van der Waals surface area contributed by atoms with Crippen molar-refractivity contribution in [2.24, 2.45) is 0 Å². The zero-order valence-corrected chi connectivity index (χ0v) is 10.2. The molecule has 6 heteroatoms. The van der Waals surface area contributed by atoms with Gasteiger partial charge in [0, 0.05) is 18.9 Å². The largest absolute Gasteiger partial charge is 0.481 e. The van der Waals surface area contributed by atoms with E-state index in [1.165, 1.54) is 12.1 Å². The number of carbonyl (C=O) groups is 3. The van der Waals surface area contributed by atoms with Crippen molar-refractivity contribution in [3.8, 4) is 0 Å². The molecule has 1 heterocycles. The van der Waals surface area contributed by atoms with Crippen LogP contribution < -0.4 is 0 Å². The van der Waals surface area contributed by atoms with Crippen LogP contribution in [-0.4, -0.2) is 27.6 Å². The number of aryl methyl sites for hydroxylation is 1. The van der Waals surface area contributed by atoms with Crippen molar-refractivity contribution >= 4 is 28.6 Å². The van der Waals surface area contributed by atoms with Crippen LogP contribution in [0.5, 0.6) is 0 Å². The van der Waals surface area contributed by atoms with E-state index in [4.69, 9.17) is 9.52 Å². The number of Topliss-reactive ketones (excluding diaryl/α,β-unsaturated/α-hetero) is 2. The summed E-state index contributed by atoms with van der Waals surface area (Å²) in [5.41, 5.74) is 1.21. The molecule has 0 saturated carbocycles. The van der Waals surface area contributed by atoms with Crippen LogP contribution in [0.2, 0.25) is 0 Å². The van der Waals surface area contributed by atoms with E-state index < -0.39 is 17.5 Å². The highest BCUT2D eigenvalue weighted by Gasteiger charge is 2.18. The van der Waals surface area contributed by atoms with Crippen molar-refractivity contribution in [2.75, 3.05) is 0 Å². The number of aliphatic carboxylic acids is 1. The topological polar surface area (TPSA) is 97.5 Å². The van der Waals surface area contributed by atoms with E-state index in [1.54, 1.807) is 13.0 Å². The van der Waals surface area contributed by atoms with E-state index in [1.807, 2.05) is 0 Å². The predicted molar refractivity (Wildman–Crippen MR) is 65.0 cm³/mol. The first kappa shape index (κ1) is 12.9. The number of carboxylic acid groups (broad SMARTS) is 1. The third-order valence-electron chi connectivity index (χ3n) is 2.58. The fourth-order valence-corrected chi connectivity index (χ4v) is 1.68. The Kier molecular flexibility index (Phi) is 3.41. The van der Waals surface area contributed by atoms with E-state index in [9.17, 15) is 14.4 Å². The zero-order valence-electron chi connectivity index (χ0n) is 10.2. The lowest BCUT2D eigenvalue weighted by molar-refractivity contribution is -0.138. The van der Waals surface area contributed by atoms with Gasteiger partial charge in [-0.15, -0.1) is 0 Å². The number of oxazole rings is 1. The fraction of sp³-hybridized carbons (Fsp3) is 0.231. The molecular formula is C13H11NO5. The molecule has 0 atom stereocenters. The highest BCUT2D eigenvalue weighted by Crippen LogP contribution is 2.17. The average molecular weight is 261 g/mol. The van der Waals surface area contributed by atoms with Crippen LogP contribution in [0.15, 0.2) is 22.6 Å². The number of rotatable bonds is 5. The summed E-state index contributed by atoms with van der Waals surface area (Å²) in [6, 6.07) is 4.51. The maximum Gasteiger partial charge on any atom is 0.303 e. The first-order valence-electron chi connectivity index (χ1n) is 5.64. The molecule has 0 saturated heterocycles. The first-order valence-corrected chi connectivity index (χ1v) is 5.64. The second kappa shape index (κ2) is 5.01. The summed E-state index contributed by atoms with van der Waals surface area (Å²) in [7, 11) is 0. The standard InChI is InChI=1S/C13H11NO5/c1-7-14-9-3-2-8(6-11(9)19-7)13(18)10(15)4-5-12(16)17/h2-3,6H,4-5H2,1H3,(H,16,17). The number of aromatic nitrogens is 1. The number of carboxylic acids is 1. The van der Waals surface area contributed by atoms with Gasteiger partial charge in [-0.1, -0.05) is 0 Å². The summed E-state index contributed by atoms with van der Waals surface area (Å²) in [5.74, 6) is -2.07. The Balaban J connectivity index is 2.21. The van der Waals surface area contributed by atoms with Crippen LogP contribution in [0, 0.1) is 6.92 Å². The monoisotopic (exact) mass is 261 g/mol. The van der Waals surface area contributed by atoms with Gasteiger partial charge >= 0.3 is 5.97 Å². The normalized spacial score (nSPS) is 10.6. The number of hydrogen-bond acceptors (Lipinski definition) is 5. The number of fused-ring (bicyclic) bond motifs is 1. The molecule has 1 aromatic heterocycles. The molecule has 0 aliphatic rings. The maximum atomic E-state index is 11.8. The van der Waals surface area contributed by atoms with Crippen LogP contribution in [0.3, 0.4) is 0 Å². The molecule has 0 amide bonds. The number of ketones is 2. The number of carbonyl (C=O) groups excluding carboxylic acids is 2. The van der Waals surface area contributed by atoms with Crippen LogP contribution in [0.4, 0.5) is 0 Å². The second-order valence-electron chi connectivity index (χ2n) is 4.06. The van der Waals surface area contributed by atoms with Gasteiger partial charge in [-0.3, -0.25) is 14.4 Å². The molecule has 0 spiro atoms. The third-order valence-corrected chi connectivity index (χ3v) is 2.58. The molecule has 0 radical (unpaired) electrons. The average Bonchev–Trinajstić information content (AvgIpc) is 2.73. The van der Waals surface area contributed by atoms with Gasteiger partial charge in [0.2, 0.25) is 11.6 Å². The lowest BCUT2D eigenvalue weighted by Crippen LogP contribution is -2.15. The molecule has 0 bridgehead atoms. The smallest absolute Gasteiger partial charge is 0.303 e. The molecule has 98 valence electrons. The van der Waals surface area contributed by atoms with Crippen LogP contribution >= 0.6 is 0 Å². The summed E-state index contributed by atoms with van der Waals surface area (Å²) in [6.45, 7) is 1.68. The molecule has 0 unspecified atom stereocenters. The van der Waals surface area contributed by atoms with E-state index in [-0.39, 0.29) is 18.4 Å². The van der Waals surface area contributed by atoms with Gasteiger partial charge in [-0.25, -0.2) is 4.98 Å². The Bertz CT molecular complexity index is 671. The fourth-order valence-electron chi connectivity index (χ4n) is 1.68. The van der Waals surface area contributed by atoms with Crippen molar-refractivity contribution in [2.45, 2.75) is 19.8 Å². The Labute approximate surface area is 108 Å². The minimum absolute atomic E-state index is 0.180. The Morgan fingerprint density at radius 2 is 2.00 bits per heavy atom. The lowest BCUT2D eigenvalue weighted by Gasteiger charge is -1.98. The number of hydrogen-bond donors (Lipinski definition) is 1. The summed E-state index contributed by atoms with van der Waals surface area (Å²) in [5, 5.41) is 8.47. The van der Waals surface area contributed by atoms with Gasteiger partial charge in [0.1, 0.15) is 5.52 Å². The highest BCUT2D eigenvalue weighted by molar-refractivity contribution is 6.44. The summed E-state index contributed by atoms with van der Waals surface area (Å²) >= 11 is 0. The minimum atomic E-state index is -1.11. The van der Waals surface area contributed by atoms with Gasteiger partial charge in [0.25, 0.3) is 0 Å². The molecule has 0 aliphatic carbocycles. The van der Waals surface area contributed by atoms with E-state index >= 15 is 0 Å². The van der Waals surface area contributed by atoms with E-state index in [2.05, 4.69) is 4.98 Å². The van der Waals surface area contributed by atoms with Crippen molar-refractivity contribution in [1.29, 1.82) is 0 Å². The van der Waals surface area contributed by atoms with E-state index in [0.29, 0.717) is 17.0 Å². The molecule has 1 N–H and O–H groups in total. The summed E-state index contributed by atoms with van der Waals surface area (Å²) in [4.78, 5) is 37.8. The van der Waals surface area contributed by atoms with Crippen molar-refractivity contribution in [3.63, 3.8) is 0 Å². The van der Waals surface area contributed by atoms with E-state index in [0.717, 1.165) is 0 Å². The SMILES string of the molecule is Cc1nc2ccc(C(=O)C(=O)CCC(=O)O)cc2o1. The van der Waals surface area contributed by atoms with Crippen molar-refractivity contribution < 1.29 is 23.9 Å². The van der Waals surface area contributed by atoms with Crippen molar-refractivity contribution in [3.05, 3.63) is 29.7 Å². The summed E-state index contributed by atoms with van der Waals surface area (Å²) in [6.07, 6.45) is -0.657. The molecule has 0 fully saturated rings. The predicted octanol–water partition coefficient (Wildman–Crippen LogP) is 1.75. The Morgan fingerprint density at radius 3 is 2.68 bits per heavy atom.